The highest BCUT2D eigenvalue weighted by Gasteiger charge is 2.53. The Hall–Kier alpha value is -7.88. The number of nitrogens with two attached hydrogens (primary N) is 1. The summed E-state index contributed by atoms with van der Waals surface area (Å²) in [7, 11) is 0. The normalized spacial score (nSPS) is 15.7. The van der Waals surface area contributed by atoms with E-state index in [1.807, 2.05) is 26.0 Å². The van der Waals surface area contributed by atoms with E-state index < -0.39 is 18.7 Å². The van der Waals surface area contributed by atoms with Crippen molar-refractivity contribution in [2.45, 2.75) is 59.9 Å². The number of amides is 1. The molecule has 0 radical (unpaired) electrons. The van der Waals surface area contributed by atoms with E-state index >= 15 is 0 Å². The third-order valence-electron chi connectivity index (χ3n) is 14.8. The quantitative estimate of drug-likeness (QED) is 0.0940. The van der Waals surface area contributed by atoms with Crippen molar-refractivity contribution < 1.29 is 50.5 Å². The van der Waals surface area contributed by atoms with Crippen LogP contribution in [-0.2, 0) is 25.9 Å². The highest BCUT2D eigenvalue weighted by molar-refractivity contribution is 6.30. The topological polar surface area (TPSA) is 158 Å². The van der Waals surface area contributed by atoms with Gasteiger partial charge in [0.2, 0.25) is 0 Å². The number of anilines is 4. The number of carboxylic acid groups (broad SMARTS) is 1. The lowest BCUT2D eigenvalue weighted by atomic mass is 9.72. The number of benzene rings is 4. The minimum Gasteiger partial charge on any atom is -0.477 e. The minimum absolute atomic E-state index is 0. The van der Waals surface area contributed by atoms with Gasteiger partial charge in [-0.25, -0.2) is 14.8 Å². The van der Waals surface area contributed by atoms with Gasteiger partial charge in [-0.05, 0) is 121 Å². The Kier molecular flexibility index (Phi) is 16.9. The number of hydrogen-bond donors (Lipinski definition) is 3. The van der Waals surface area contributed by atoms with E-state index in [0.29, 0.717) is 58.7 Å². The first-order valence-corrected chi connectivity index (χ1v) is 26.8. The molecule has 4 saturated heterocycles. The average molecular weight is 1170 g/mol. The van der Waals surface area contributed by atoms with Gasteiger partial charge in [-0.3, -0.25) is 13.6 Å². The Morgan fingerprint density at radius 2 is 0.902 bits per heavy atom. The van der Waals surface area contributed by atoms with Crippen molar-refractivity contribution in [3.05, 3.63) is 178 Å². The number of carbonyl (C=O) groups is 2. The Balaban J connectivity index is 0.000000165. The summed E-state index contributed by atoms with van der Waals surface area (Å²) in [4.78, 5) is 41.9. The second-order valence-corrected chi connectivity index (χ2v) is 21.6. The summed E-state index contributed by atoms with van der Waals surface area (Å²) in [6.45, 7) is 12.2. The van der Waals surface area contributed by atoms with Crippen LogP contribution in [0.5, 0.6) is 11.5 Å². The van der Waals surface area contributed by atoms with Crippen molar-refractivity contribution in [1.29, 1.82) is 0 Å². The summed E-state index contributed by atoms with van der Waals surface area (Å²) in [6.07, 6.45) is -4.85. The van der Waals surface area contributed by atoms with E-state index in [1.165, 1.54) is 34.4 Å². The van der Waals surface area contributed by atoms with E-state index in [9.17, 15) is 35.9 Å². The second kappa shape index (κ2) is 23.5. The first-order chi connectivity index (χ1) is 38.6. The number of nitrogens with one attached hydrogen (secondary N) is 1. The molecule has 432 valence electrons. The Bertz CT molecular complexity index is 3530. The number of halogens is 8. The molecule has 4 N–H and O–H groups in total. The number of aromatic carboxylic acids is 1. The third-order valence-corrected chi connectivity index (χ3v) is 15.2. The van der Waals surface area contributed by atoms with Gasteiger partial charge < -0.3 is 45.2 Å². The van der Waals surface area contributed by atoms with Gasteiger partial charge in [-0.1, -0.05) is 68.7 Å². The number of nitrogens with zero attached hydrogens (tertiary/aromatic N) is 8. The minimum atomic E-state index is -4.69. The Morgan fingerprint density at radius 1 is 0.561 bits per heavy atom. The van der Waals surface area contributed by atoms with Crippen LogP contribution in [0.25, 0.3) is 11.3 Å². The number of aromatic nitrogens is 4. The molecule has 23 heteroatoms. The summed E-state index contributed by atoms with van der Waals surface area (Å²) >= 11 is 12.0. The number of carbonyl (C=O) groups excluding carboxylic acids is 1. The van der Waals surface area contributed by atoms with Gasteiger partial charge in [0.05, 0.1) is 21.4 Å². The molecule has 0 bridgehead atoms. The number of hydrogen-bond acceptors (Lipinski definition) is 11. The fraction of sp³-hybridized carbons (Fsp3) is 0.322. The molecule has 15 nitrogen and oxygen atoms in total. The van der Waals surface area contributed by atoms with Crippen molar-refractivity contribution in [2.24, 2.45) is 16.6 Å². The maximum Gasteiger partial charge on any atom is 0.573 e. The van der Waals surface area contributed by atoms with E-state index in [2.05, 4.69) is 80.8 Å². The molecule has 82 heavy (non-hydrogen) atoms. The lowest BCUT2D eigenvalue weighted by Crippen LogP contribution is -2.72. The molecule has 8 heterocycles. The molecule has 4 aromatic carbocycles. The van der Waals surface area contributed by atoms with Crippen LogP contribution in [0.1, 0.15) is 64.8 Å². The van der Waals surface area contributed by atoms with E-state index in [0.717, 1.165) is 86.2 Å². The molecule has 4 aromatic heterocycles. The summed E-state index contributed by atoms with van der Waals surface area (Å²) in [5.41, 5.74) is 15.7. The molecule has 4 aliphatic heterocycles. The zero-order valence-electron chi connectivity index (χ0n) is 43.9. The second-order valence-electron chi connectivity index (χ2n) is 20.7. The first kappa shape index (κ1) is 58.8. The van der Waals surface area contributed by atoms with Crippen LogP contribution in [0.2, 0.25) is 10.0 Å². The summed E-state index contributed by atoms with van der Waals surface area (Å²) in [5, 5.41) is 13.1. The number of pyridine rings is 2. The van der Waals surface area contributed by atoms with Crippen molar-refractivity contribution >= 4 is 69.1 Å². The maximum absolute atomic E-state index is 13.0. The highest BCUT2D eigenvalue weighted by Crippen LogP contribution is 2.45. The molecule has 4 aliphatic rings. The summed E-state index contributed by atoms with van der Waals surface area (Å²) in [5.74, 6) is -1.58. The largest absolute Gasteiger partial charge is 0.573 e. The molecular formula is C59H60Cl2F6N10O5. The summed E-state index contributed by atoms with van der Waals surface area (Å²) < 4.78 is 84.9. The molecule has 0 aliphatic carbocycles. The predicted molar refractivity (Wildman–Crippen MR) is 305 cm³/mol. The lowest BCUT2D eigenvalue weighted by molar-refractivity contribution is -0.275. The SMILES string of the molecule is C.CCc1nc2ccc(Cl)cn2c1C(=O)NCc1ccc(N2CC3(C2)CN(c2ccc(OC(F)(F)F)cc2)C3)cc1.CCc1nc2ccc(Cl)cn2c1C(=O)O.NCc1ccc(N2CC3(C2)CN(c2ccc(OC(F)(F)F)cc2)C3)cc1. The van der Waals surface area contributed by atoms with Crippen molar-refractivity contribution in [1.82, 2.24) is 24.1 Å². The number of aryl methyl sites for hydroxylation is 2. The monoisotopic (exact) mass is 1170 g/mol. The van der Waals surface area contributed by atoms with Gasteiger partial charge in [0.25, 0.3) is 5.91 Å². The van der Waals surface area contributed by atoms with Crippen molar-refractivity contribution in [3.8, 4) is 11.5 Å². The zero-order valence-corrected chi connectivity index (χ0v) is 45.5. The molecule has 8 aromatic rings. The molecular weight excluding hydrogens is 1110 g/mol. The number of ether oxygens (including phenoxy) is 2. The number of carboxylic acids is 1. The van der Waals surface area contributed by atoms with E-state index in [1.54, 1.807) is 65.3 Å². The van der Waals surface area contributed by atoms with Crippen molar-refractivity contribution in [3.63, 3.8) is 0 Å². The molecule has 4 fully saturated rings. The number of imidazole rings is 2. The molecule has 0 atom stereocenters. The highest BCUT2D eigenvalue weighted by atomic mass is 35.5. The first-order valence-electron chi connectivity index (χ1n) is 26.0. The number of rotatable bonds is 13. The standard InChI is InChI=1S/C29H27ClF3N5O2.C19H20F3N3O.C10H9ClN2O2.CH4/c1-2-24-26(38-14-20(30)5-12-25(38)35-24)27(39)34-13-19-3-6-21(7-4-19)36-15-28(16-36)17-37(18-28)22-8-10-23(11-9-22)40-29(31,32)33;20-19(21,22)26-17-7-5-16(6-8-17)25-12-18(13-25)10-24(11-18)15-3-1-14(9-23)2-4-15;1-2-7-9(10(14)15)13-5-6(11)3-4-8(13)12-7;/h3-12,14H,2,13,15-18H2,1H3,(H,34,39);1-8H,9-13,23H2;3-5H,2H2,1H3,(H,14,15);1H4. The van der Waals surface area contributed by atoms with Gasteiger partial charge in [-0.15, -0.1) is 26.3 Å². The van der Waals surface area contributed by atoms with Crippen LogP contribution >= 0.6 is 23.2 Å². The Morgan fingerprint density at radius 3 is 1.24 bits per heavy atom. The molecule has 2 spiro atoms. The van der Waals surface area contributed by atoms with Gasteiger partial charge >= 0.3 is 18.7 Å². The van der Waals surface area contributed by atoms with E-state index in [-0.39, 0.29) is 41.4 Å². The third kappa shape index (κ3) is 13.1. The van der Waals surface area contributed by atoms with Gasteiger partial charge in [-0.2, -0.15) is 0 Å². The fourth-order valence-corrected chi connectivity index (χ4v) is 11.3. The van der Waals surface area contributed by atoms with Crippen molar-refractivity contribution in [2.75, 3.05) is 72.0 Å². The fourth-order valence-electron chi connectivity index (χ4n) is 10.9. The molecule has 0 saturated carbocycles. The molecule has 0 unspecified atom stereocenters. The summed E-state index contributed by atoms with van der Waals surface area (Å²) in [6, 6.07) is 35.5. The van der Waals surface area contributed by atoms with Gasteiger partial charge in [0, 0.05) is 111 Å². The van der Waals surface area contributed by atoms with Crippen LogP contribution in [0.4, 0.5) is 49.1 Å². The Labute approximate surface area is 479 Å². The maximum atomic E-state index is 13.0. The number of alkyl halides is 6. The van der Waals surface area contributed by atoms with Crippen LogP contribution in [0.15, 0.2) is 134 Å². The van der Waals surface area contributed by atoms with E-state index in [4.69, 9.17) is 34.0 Å². The lowest BCUT2D eigenvalue weighted by Gasteiger charge is -2.61. The zero-order chi connectivity index (χ0) is 57.4. The van der Waals surface area contributed by atoms with Crippen LogP contribution in [0, 0.1) is 10.8 Å². The molecule has 12 rings (SSSR count). The predicted octanol–water partition coefficient (Wildman–Crippen LogP) is 12.0. The number of fused-ring (bicyclic) bond motifs is 2. The molecule has 1 amide bonds. The van der Waals surface area contributed by atoms with Crippen LogP contribution < -0.4 is 40.1 Å². The van der Waals surface area contributed by atoms with Gasteiger partial charge in [0.15, 0.2) is 5.69 Å². The van der Waals surface area contributed by atoms with Gasteiger partial charge in [0.1, 0.15) is 28.5 Å². The van der Waals surface area contributed by atoms with Crippen LogP contribution in [0.3, 0.4) is 0 Å². The van der Waals surface area contributed by atoms with Crippen LogP contribution in [-0.4, -0.2) is 101 Å². The smallest absolute Gasteiger partial charge is 0.477 e. The average Bonchev–Trinajstić information content (AvgIpc) is 3.02.